The molecule has 2 unspecified atom stereocenters. The number of ether oxygens (including phenoxy) is 1. The van der Waals surface area contributed by atoms with Crippen molar-refractivity contribution >= 4 is 0 Å². The zero-order valence-corrected chi connectivity index (χ0v) is 10.6. The fourth-order valence-electron chi connectivity index (χ4n) is 2.19. The minimum Gasteiger partial charge on any atom is -0.381 e. The predicted molar refractivity (Wildman–Crippen MR) is 63.5 cm³/mol. The summed E-state index contributed by atoms with van der Waals surface area (Å²) in [5, 5.41) is 15.2. The van der Waals surface area contributed by atoms with Gasteiger partial charge in [0.2, 0.25) is 0 Å². The van der Waals surface area contributed by atoms with E-state index in [2.05, 4.69) is 34.7 Å². The molecule has 6 heteroatoms. The number of rotatable bonds is 6. The van der Waals surface area contributed by atoms with Gasteiger partial charge in [0.25, 0.3) is 0 Å². The highest BCUT2D eigenvalue weighted by Crippen LogP contribution is 2.17. The molecule has 6 nitrogen and oxygen atoms in total. The second-order valence-corrected chi connectivity index (χ2v) is 4.56. The van der Waals surface area contributed by atoms with Crippen LogP contribution in [-0.4, -0.2) is 40.0 Å². The van der Waals surface area contributed by atoms with Gasteiger partial charge in [-0.3, -0.25) is 0 Å². The van der Waals surface area contributed by atoms with Gasteiger partial charge in [-0.1, -0.05) is 6.92 Å². The molecular formula is C11H21N5O. The summed E-state index contributed by atoms with van der Waals surface area (Å²) in [6.45, 7) is 7.77. The summed E-state index contributed by atoms with van der Waals surface area (Å²) in [7, 11) is 0. The minimum atomic E-state index is 0.204. The third-order valence-electron chi connectivity index (χ3n) is 3.23. The van der Waals surface area contributed by atoms with E-state index in [0.717, 1.165) is 38.5 Å². The summed E-state index contributed by atoms with van der Waals surface area (Å²) < 4.78 is 7.28. The number of nitrogens with one attached hydrogen (secondary N) is 1. The molecule has 2 atom stereocenters. The predicted octanol–water partition coefficient (Wildman–Crippen LogP) is 0.770. The smallest absolute Gasteiger partial charge is 0.167 e. The van der Waals surface area contributed by atoms with Gasteiger partial charge in [-0.05, 0) is 42.7 Å². The molecule has 0 aliphatic carbocycles. The van der Waals surface area contributed by atoms with Crippen LogP contribution >= 0.6 is 0 Å². The van der Waals surface area contributed by atoms with Crippen molar-refractivity contribution in [3.63, 3.8) is 0 Å². The first-order chi connectivity index (χ1) is 8.31. The Morgan fingerprint density at radius 1 is 1.59 bits per heavy atom. The SMILES string of the molecule is CCNC(C)c1nnnn1CCC1CCOC1. The summed E-state index contributed by atoms with van der Waals surface area (Å²) in [6, 6.07) is 0.204. The molecule has 0 radical (unpaired) electrons. The number of tetrazole rings is 1. The van der Waals surface area contributed by atoms with E-state index in [1.165, 1.54) is 6.42 Å². The Labute approximate surface area is 102 Å². The average molecular weight is 239 g/mol. The van der Waals surface area contributed by atoms with Crippen LogP contribution in [0.3, 0.4) is 0 Å². The summed E-state index contributed by atoms with van der Waals surface area (Å²) in [4.78, 5) is 0. The van der Waals surface area contributed by atoms with Crippen molar-refractivity contribution in [2.45, 2.75) is 39.3 Å². The zero-order valence-electron chi connectivity index (χ0n) is 10.6. The van der Waals surface area contributed by atoms with Crippen LogP contribution in [0.2, 0.25) is 0 Å². The van der Waals surface area contributed by atoms with Crippen molar-refractivity contribution in [2.24, 2.45) is 5.92 Å². The maximum absolute atomic E-state index is 5.37. The molecule has 96 valence electrons. The summed E-state index contributed by atoms with van der Waals surface area (Å²) in [5.74, 6) is 1.59. The Morgan fingerprint density at radius 3 is 3.18 bits per heavy atom. The molecule has 1 aliphatic heterocycles. The van der Waals surface area contributed by atoms with Crippen LogP contribution in [0, 0.1) is 5.92 Å². The lowest BCUT2D eigenvalue weighted by Gasteiger charge is -2.13. The molecule has 0 saturated carbocycles. The lowest BCUT2D eigenvalue weighted by molar-refractivity contribution is 0.182. The van der Waals surface area contributed by atoms with Gasteiger partial charge in [-0.2, -0.15) is 0 Å². The molecule has 0 amide bonds. The summed E-state index contributed by atoms with van der Waals surface area (Å²) in [5.41, 5.74) is 0. The van der Waals surface area contributed by atoms with Gasteiger partial charge < -0.3 is 10.1 Å². The van der Waals surface area contributed by atoms with E-state index in [9.17, 15) is 0 Å². The van der Waals surface area contributed by atoms with Crippen LogP contribution in [0.4, 0.5) is 0 Å². The van der Waals surface area contributed by atoms with Crippen molar-refractivity contribution < 1.29 is 4.74 Å². The summed E-state index contributed by atoms with van der Waals surface area (Å²) in [6.07, 6.45) is 2.26. The molecule has 1 aromatic rings. The molecule has 0 spiro atoms. The Hall–Kier alpha value is -1.01. The van der Waals surface area contributed by atoms with E-state index in [0.29, 0.717) is 5.92 Å². The maximum atomic E-state index is 5.37. The van der Waals surface area contributed by atoms with Crippen LogP contribution in [0.1, 0.15) is 38.6 Å². The fraction of sp³-hybridized carbons (Fsp3) is 0.909. The molecule has 1 fully saturated rings. The highest BCUT2D eigenvalue weighted by atomic mass is 16.5. The number of nitrogens with zero attached hydrogens (tertiary/aromatic N) is 4. The van der Waals surface area contributed by atoms with Crippen molar-refractivity contribution in [2.75, 3.05) is 19.8 Å². The van der Waals surface area contributed by atoms with Gasteiger partial charge in [-0.25, -0.2) is 4.68 Å². The highest BCUT2D eigenvalue weighted by molar-refractivity contribution is 4.89. The van der Waals surface area contributed by atoms with Crippen molar-refractivity contribution in [3.8, 4) is 0 Å². The fourth-order valence-corrected chi connectivity index (χ4v) is 2.19. The molecule has 1 saturated heterocycles. The average Bonchev–Trinajstić information content (AvgIpc) is 2.98. The molecule has 2 rings (SSSR count). The second-order valence-electron chi connectivity index (χ2n) is 4.56. The number of hydrogen-bond donors (Lipinski definition) is 1. The minimum absolute atomic E-state index is 0.204. The van der Waals surface area contributed by atoms with Gasteiger partial charge in [0.15, 0.2) is 5.82 Å². The first kappa shape index (κ1) is 12.4. The van der Waals surface area contributed by atoms with Gasteiger partial charge in [-0.15, -0.1) is 5.10 Å². The van der Waals surface area contributed by atoms with Gasteiger partial charge >= 0.3 is 0 Å². The van der Waals surface area contributed by atoms with E-state index in [4.69, 9.17) is 4.74 Å². The maximum Gasteiger partial charge on any atom is 0.167 e. The molecule has 0 bridgehead atoms. The molecular weight excluding hydrogens is 218 g/mol. The molecule has 2 heterocycles. The van der Waals surface area contributed by atoms with Gasteiger partial charge in [0.1, 0.15) is 0 Å². The number of aryl methyl sites for hydroxylation is 1. The zero-order chi connectivity index (χ0) is 12.1. The van der Waals surface area contributed by atoms with E-state index < -0.39 is 0 Å². The van der Waals surface area contributed by atoms with Gasteiger partial charge in [0.05, 0.1) is 6.04 Å². The van der Waals surface area contributed by atoms with Crippen LogP contribution < -0.4 is 5.32 Å². The Balaban J connectivity index is 1.89. The molecule has 1 aliphatic rings. The lowest BCUT2D eigenvalue weighted by Crippen LogP contribution is -2.22. The first-order valence-electron chi connectivity index (χ1n) is 6.38. The van der Waals surface area contributed by atoms with Crippen molar-refractivity contribution in [1.29, 1.82) is 0 Å². The second kappa shape index (κ2) is 6.07. The Kier molecular flexibility index (Phi) is 4.44. The third-order valence-corrected chi connectivity index (χ3v) is 3.23. The monoisotopic (exact) mass is 239 g/mol. The van der Waals surface area contributed by atoms with Crippen molar-refractivity contribution in [3.05, 3.63) is 5.82 Å². The molecule has 1 N–H and O–H groups in total. The third kappa shape index (κ3) is 3.23. The van der Waals surface area contributed by atoms with E-state index in [1.54, 1.807) is 0 Å². The Bertz CT molecular complexity index is 334. The lowest BCUT2D eigenvalue weighted by atomic mass is 10.1. The first-order valence-corrected chi connectivity index (χ1v) is 6.38. The molecule has 1 aromatic heterocycles. The Morgan fingerprint density at radius 2 is 2.47 bits per heavy atom. The van der Waals surface area contributed by atoms with Crippen molar-refractivity contribution in [1.82, 2.24) is 25.5 Å². The number of aromatic nitrogens is 4. The summed E-state index contributed by atoms with van der Waals surface area (Å²) >= 11 is 0. The molecule has 17 heavy (non-hydrogen) atoms. The molecule has 0 aromatic carbocycles. The normalized spacial score (nSPS) is 21.9. The quantitative estimate of drug-likeness (QED) is 0.794. The van der Waals surface area contributed by atoms with Gasteiger partial charge in [0, 0.05) is 19.8 Å². The van der Waals surface area contributed by atoms with Crippen LogP contribution in [0.15, 0.2) is 0 Å². The highest BCUT2D eigenvalue weighted by Gasteiger charge is 2.18. The largest absolute Gasteiger partial charge is 0.381 e. The topological polar surface area (TPSA) is 64.9 Å². The van der Waals surface area contributed by atoms with E-state index in [1.807, 2.05) is 4.68 Å². The van der Waals surface area contributed by atoms with Crippen LogP contribution in [0.5, 0.6) is 0 Å². The van der Waals surface area contributed by atoms with E-state index >= 15 is 0 Å². The van der Waals surface area contributed by atoms with E-state index in [-0.39, 0.29) is 6.04 Å². The van der Waals surface area contributed by atoms with Crippen LogP contribution in [0.25, 0.3) is 0 Å². The number of hydrogen-bond acceptors (Lipinski definition) is 5. The standard InChI is InChI=1S/C11H21N5O/c1-3-12-9(2)11-13-14-15-16(11)6-4-10-5-7-17-8-10/h9-10,12H,3-8H2,1-2H3. The van der Waals surface area contributed by atoms with Crippen LogP contribution in [-0.2, 0) is 11.3 Å².